The predicted octanol–water partition coefficient (Wildman–Crippen LogP) is 4.10. The van der Waals surface area contributed by atoms with Gasteiger partial charge in [-0.25, -0.2) is 0 Å². The monoisotopic (exact) mass is 209 g/mol. The molecule has 0 aromatic heterocycles. The molecule has 0 fully saturated rings. The van der Waals surface area contributed by atoms with E-state index in [1.807, 2.05) is 43.3 Å². The van der Waals surface area contributed by atoms with Crippen LogP contribution in [0.5, 0.6) is 0 Å². The van der Waals surface area contributed by atoms with Gasteiger partial charge in [0.15, 0.2) is 0 Å². The van der Waals surface area contributed by atoms with Gasteiger partial charge in [-0.1, -0.05) is 49.1 Å². The molecular weight excluding hydrogens is 194 g/mol. The maximum absolute atomic E-state index is 6.03. The van der Waals surface area contributed by atoms with Gasteiger partial charge in [0.2, 0.25) is 0 Å². The fourth-order valence-electron chi connectivity index (χ4n) is 1.97. The fourth-order valence-corrected chi connectivity index (χ4v) is 1.97. The van der Waals surface area contributed by atoms with Gasteiger partial charge >= 0.3 is 0 Å². The van der Waals surface area contributed by atoms with Crippen LogP contribution in [0.3, 0.4) is 0 Å². The third kappa shape index (κ3) is 1.61. The highest BCUT2D eigenvalue weighted by atomic mass is 14.6. The van der Waals surface area contributed by atoms with Gasteiger partial charge in [0.05, 0.1) is 0 Å². The quantitative estimate of drug-likeness (QED) is 0.740. The lowest BCUT2D eigenvalue weighted by Gasteiger charge is -2.09. The summed E-state index contributed by atoms with van der Waals surface area (Å²) in [7, 11) is 0. The van der Waals surface area contributed by atoms with Gasteiger partial charge in [-0.3, -0.25) is 0 Å². The van der Waals surface area contributed by atoms with Crippen LogP contribution >= 0.6 is 0 Å². The standard InChI is InChI=1S/C15H15N/c1-3-7-12-11(4-2)10-15(16)14-9-6-5-8-13(12)14/h3-10H,2,16H2,1H3/b7-3-. The molecule has 0 aliphatic heterocycles. The van der Waals surface area contributed by atoms with Crippen LogP contribution in [0.25, 0.3) is 22.9 Å². The van der Waals surface area contributed by atoms with Crippen LogP contribution in [-0.2, 0) is 0 Å². The molecule has 2 aromatic rings. The minimum Gasteiger partial charge on any atom is -0.398 e. The molecule has 0 amide bonds. The Labute approximate surface area is 95.9 Å². The summed E-state index contributed by atoms with van der Waals surface area (Å²) in [6, 6.07) is 10.1. The van der Waals surface area contributed by atoms with E-state index in [9.17, 15) is 0 Å². The number of hydrogen-bond acceptors (Lipinski definition) is 1. The largest absolute Gasteiger partial charge is 0.398 e. The molecule has 1 nitrogen and oxygen atoms in total. The molecule has 80 valence electrons. The highest BCUT2D eigenvalue weighted by Crippen LogP contribution is 2.29. The van der Waals surface area contributed by atoms with Crippen LogP contribution in [0, 0.1) is 0 Å². The third-order valence-corrected chi connectivity index (χ3v) is 2.70. The number of nitrogens with two attached hydrogens (primary N) is 1. The van der Waals surface area contributed by atoms with Crippen molar-refractivity contribution < 1.29 is 0 Å². The van der Waals surface area contributed by atoms with Crippen LogP contribution in [0.1, 0.15) is 18.1 Å². The van der Waals surface area contributed by atoms with Crippen molar-refractivity contribution >= 4 is 28.6 Å². The lowest BCUT2D eigenvalue weighted by molar-refractivity contribution is 1.64. The first kappa shape index (κ1) is 10.5. The summed E-state index contributed by atoms with van der Waals surface area (Å²) < 4.78 is 0. The van der Waals surface area contributed by atoms with E-state index in [1.54, 1.807) is 0 Å². The Hall–Kier alpha value is -2.02. The van der Waals surface area contributed by atoms with Crippen molar-refractivity contribution in [3.8, 4) is 0 Å². The maximum Gasteiger partial charge on any atom is 0.0400 e. The molecule has 0 aliphatic rings. The van der Waals surface area contributed by atoms with Gasteiger partial charge < -0.3 is 5.73 Å². The lowest BCUT2D eigenvalue weighted by atomic mass is 9.97. The maximum atomic E-state index is 6.03. The molecule has 2 rings (SSSR count). The molecule has 16 heavy (non-hydrogen) atoms. The fraction of sp³-hybridized carbons (Fsp3) is 0.0667. The molecule has 2 aromatic carbocycles. The van der Waals surface area contributed by atoms with Crippen LogP contribution in [0.2, 0.25) is 0 Å². The van der Waals surface area contributed by atoms with Crippen LogP contribution in [0.4, 0.5) is 5.69 Å². The van der Waals surface area contributed by atoms with Crippen molar-refractivity contribution in [2.24, 2.45) is 0 Å². The van der Waals surface area contributed by atoms with Gasteiger partial charge in [-0.15, -0.1) is 0 Å². The van der Waals surface area contributed by atoms with E-state index in [1.165, 1.54) is 10.9 Å². The number of nitrogen functional groups attached to an aromatic ring is 1. The van der Waals surface area contributed by atoms with Gasteiger partial charge in [-0.05, 0) is 29.5 Å². The Bertz CT molecular complexity index is 565. The average molecular weight is 209 g/mol. The molecule has 2 N–H and O–H groups in total. The van der Waals surface area contributed by atoms with Crippen LogP contribution in [0.15, 0.2) is 43.0 Å². The number of fused-ring (bicyclic) bond motifs is 1. The molecule has 0 heterocycles. The van der Waals surface area contributed by atoms with Gasteiger partial charge in [-0.2, -0.15) is 0 Å². The Morgan fingerprint density at radius 2 is 1.88 bits per heavy atom. The number of benzene rings is 2. The van der Waals surface area contributed by atoms with Crippen molar-refractivity contribution in [1.29, 1.82) is 0 Å². The lowest BCUT2D eigenvalue weighted by Crippen LogP contribution is -1.92. The van der Waals surface area contributed by atoms with E-state index in [2.05, 4.69) is 18.7 Å². The second-order valence-electron chi connectivity index (χ2n) is 3.72. The number of anilines is 1. The number of rotatable bonds is 2. The normalized spacial score (nSPS) is 11.1. The van der Waals surface area contributed by atoms with Gasteiger partial charge in [0.25, 0.3) is 0 Å². The van der Waals surface area contributed by atoms with Crippen LogP contribution < -0.4 is 5.73 Å². The summed E-state index contributed by atoms with van der Waals surface area (Å²) >= 11 is 0. The van der Waals surface area contributed by atoms with Crippen molar-refractivity contribution in [1.82, 2.24) is 0 Å². The zero-order chi connectivity index (χ0) is 11.5. The molecule has 0 bridgehead atoms. The summed E-state index contributed by atoms with van der Waals surface area (Å²) in [4.78, 5) is 0. The van der Waals surface area contributed by atoms with Crippen molar-refractivity contribution in [3.63, 3.8) is 0 Å². The van der Waals surface area contributed by atoms with E-state index in [0.717, 1.165) is 16.6 Å². The van der Waals surface area contributed by atoms with Crippen LogP contribution in [-0.4, -0.2) is 0 Å². The SMILES string of the molecule is C=Cc1cc(N)c2ccccc2c1/C=C\C. The molecule has 1 heteroatoms. The first-order chi connectivity index (χ1) is 7.77. The second kappa shape index (κ2) is 4.23. The van der Waals surface area contributed by atoms with Crippen molar-refractivity contribution in [3.05, 3.63) is 54.1 Å². The molecule has 0 saturated heterocycles. The first-order valence-corrected chi connectivity index (χ1v) is 5.34. The second-order valence-corrected chi connectivity index (χ2v) is 3.72. The number of hydrogen-bond donors (Lipinski definition) is 1. The highest BCUT2D eigenvalue weighted by Gasteiger charge is 2.05. The predicted molar refractivity (Wildman–Crippen MR) is 73.2 cm³/mol. The zero-order valence-electron chi connectivity index (χ0n) is 9.40. The van der Waals surface area contributed by atoms with E-state index in [-0.39, 0.29) is 0 Å². The van der Waals surface area contributed by atoms with E-state index < -0.39 is 0 Å². The Morgan fingerprint density at radius 3 is 2.50 bits per heavy atom. The summed E-state index contributed by atoms with van der Waals surface area (Å²) in [6.45, 7) is 5.84. The zero-order valence-corrected chi connectivity index (χ0v) is 9.40. The topological polar surface area (TPSA) is 26.0 Å². The molecule has 0 radical (unpaired) electrons. The van der Waals surface area contributed by atoms with Crippen molar-refractivity contribution in [2.75, 3.05) is 5.73 Å². The highest BCUT2D eigenvalue weighted by molar-refractivity contribution is 6.01. The minimum atomic E-state index is 0.804. The summed E-state index contributed by atoms with van der Waals surface area (Å²) in [5, 5.41) is 2.27. The Kier molecular flexibility index (Phi) is 2.78. The summed E-state index contributed by atoms with van der Waals surface area (Å²) in [6.07, 6.45) is 5.97. The molecule has 0 unspecified atom stereocenters. The van der Waals surface area contributed by atoms with E-state index in [4.69, 9.17) is 5.73 Å². The first-order valence-electron chi connectivity index (χ1n) is 5.34. The number of allylic oxidation sites excluding steroid dienone is 1. The average Bonchev–Trinajstić information content (AvgIpc) is 2.33. The van der Waals surface area contributed by atoms with E-state index >= 15 is 0 Å². The molecule has 0 spiro atoms. The third-order valence-electron chi connectivity index (χ3n) is 2.70. The Balaban J connectivity index is 2.92. The summed E-state index contributed by atoms with van der Waals surface area (Å²) in [5.41, 5.74) is 9.09. The molecule has 0 aliphatic carbocycles. The smallest absolute Gasteiger partial charge is 0.0400 e. The van der Waals surface area contributed by atoms with Gasteiger partial charge in [0, 0.05) is 11.1 Å². The minimum absolute atomic E-state index is 0.804. The van der Waals surface area contributed by atoms with Gasteiger partial charge in [0.1, 0.15) is 0 Å². The molecule has 0 saturated carbocycles. The van der Waals surface area contributed by atoms with E-state index in [0.29, 0.717) is 0 Å². The molecule has 0 atom stereocenters. The summed E-state index contributed by atoms with van der Waals surface area (Å²) in [5.74, 6) is 0. The van der Waals surface area contributed by atoms with Crippen molar-refractivity contribution in [2.45, 2.75) is 6.92 Å². The molecular formula is C15H15N. The Morgan fingerprint density at radius 1 is 1.19 bits per heavy atom.